The minimum atomic E-state index is -0.474. The fourth-order valence-corrected chi connectivity index (χ4v) is 5.82. The third-order valence-electron chi connectivity index (χ3n) is 7.33. The number of carbonyl (C=O) groups excluding carboxylic acids is 1. The van der Waals surface area contributed by atoms with E-state index in [2.05, 4.69) is 40.1 Å². The number of thiocarbonyl (C=S) groups is 1. The number of para-hydroxylation sites is 1. The Morgan fingerprint density at radius 3 is 2.70 bits per heavy atom. The number of aryl methyl sites for hydroxylation is 1. The van der Waals surface area contributed by atoms with Gasteiger partial charge in [-0.25, -0.2) is 4.39 Å². The highest BCUT2D eigenvalue weighted by Gasteiger charge is 2.41. The summed E-state index contributed by atoms with van der Waals surface area (Å²) in [5, 5.41) is 6.64. The van der Waals surface area contributed by atoms with Crippen molar-refractivity contribution in [3.63, 3.8) is 0 Å². The predicted octanol–water partition coefficient (Wildman–Crippen LogP) is 5.36. The molecule has 4 aromatic rings. The molecule has 0 saturated carbocycles. The number of benzene rings is 2. The zero-order chi connectivity index (χ0) is 27.8. The number of aromatic nitrogens is 2. The maximum absolute atomic E-state index is 14.1. The van der Waals surface area contributed by atoms with Crippen molar-refractivity contribution in [1.82, 2.24) is 19.8 Å². The van der Waals surface area contributed by atoms with Gasteiger partial charge in [0, 0.05) is 42.3 Å². The fraction of sp³-hybridized carbons (Fsp3) is 0.233. The van der Waals surface area contributed by atoms with Crippen LogP contribution in [0.25, 0.3) is 5.69 Å². The molecule has 2 aromatic carbocycles. The summed E-state index contributed by atoms with van der Waals surface area (Å²) in [6, 6.07) is 19.5. The lowest BCUT2D eigenvalue weighted by Crippen LogP contribution is -2.33. The van der Waals surface area contributed by atoms with Gasteiger partial charge in [0.15, 0.2) is 16.6 Å². The average Bonchev–Trinajstić information content (AvgIpc) is 3.63. The molecule has 4 heterocycles. The second-order valence-electron chi connectivity index (χ2n) is 9.80. The summed E-state index contributed by atoms with van der Waals surface area (Å²) in [4.78, 5) is 19.5. The van der Waals surface area contributed by atoms with Gasteiger partial charge in [0.05, 0.1) is 23.5 Å². The third-order valence-corrected chi connectivity index (χ3v) is 7.68. The summed E-state index contributed by atoms with van der Waals surface area (Å²) in [5.41, 5.74) is 5.11. The van der Waals surface area contributed by atoms with Gasteiger partial charge in [-0.2, -0.15) is 0 Å². The molecule has 1 fully saturated rings. The van der Waals surface area contributed by atoms with Crippen LogP contribution in [0.15, 0.2) is 72.9 Å². The van der Waals surface area contributed by atoms with Crippen molar-refractivity contribution in [2.75, 3.05) is 18.7 Å². The van der Waals surface area contributed by atoms with Gasteiger partial charge in [-0.3, -0.25) is 9.78 Å². The van der Waals surface area contributed by atoms with Crippen LogP contribution in [-0.4, -0.2) is 38.8 Å². The molecule has 6 rings (SSSR count). The number of amides is 1. The lowest BCUT2D eigenvalue weighted by Gasteiger charge is -2.28. The highest BCUT2D eigenvalue weighted by atomic mass is 32.1. The molecular weight excluding hydrogens is 529 g/mol. The average molecular weight is 558 g/mol. The molecule has 1 saturated heterocycles. The van der Waals surface area contributed by atoms with Crippen LogP contribution in [0.5, 0.6) is 11.5 Å². The molecule has 8 nitrogen and oxygen atoms in total. The van der Waals surface area contributed by atoms with E-state index < -0.39 is 5.82 Å². The molecule has 0 radical (unpaired) electrons. The van der Waals surface area contributed by atoms with E-state index in [1.807, 2.05) is 41.3 Å². The molecule has 40 heavy (non-hydrogen) atoms. The monoisotopic (exact) mass is 557 g/mol. The van der Waals surface area contributed by atoms with E-state index in [9.17, 15) is 9.18 Å². The summed E-state index contributed by atoms with van der Waals surface area (Å²) in [5.74, 6) is 0.674. The molecule has 0 aliphatic carbocycles. The standard InChI is InChI=1S/C30H28FN5O3S/c1-18-15-21(19(2)36(18)20-10-11-25-26(16-20)39-17-38-25)29-28(24-9-5-6-13-32-24)34-30(40)35(29)14-12-27(37)33-23-8-4-3-7-22(23)31/h3-11,13,15-16,28-29H,12,14,17H2,1-2H3,(H,33,37)(H,34,40)/t28-,29-/m1/s1. The molecule has 10 heteroatoms. The molecular formula is C30H28FN5O3S. The summed E-state index contributed by atoms with van der Waals surface area (Å²) >= 11 is 5.79. The largest absolute Gasteiger partial charge is 0.454 e. The topological polar surface area (TPSA) is 80.7 Å². The Bertz CT molecular complexity index is 1590. The van der Waals surface area contributed by atoms with Crippen LogP contribution in [0.4, 0.5) is 10.1 Å². The second kappa shape index (κ2) is 10.6. The van der Waals surface area contributed by atoms with E-state index in [1.54, 1.807) is 24.4 Å². The van der Waals surface area contributed by atoms with Crippen molar-refractivity contribution in [1.29, 1.82) is 0 Å². The molecule has 2 atom stereocenters. The van der Waals surface area contributed by atoms with Gasteiger partial charge >= 0.3 is 0 Å². The first-order valence-electron chi connectivity index (χ1n) is 13.0. The van der Waals surface area contributed by atoms with E-state index in [0.29, 0.717) is 17.4 Å². The van der Waals surface area contributed by atoms with Crippen LogP contribution in [0.3, 0.4) is 0 Å². The Morgan fingerprint density at radius 1 is 1.10 bits per heavy atom. The number of hydrogen-bond acceptors (Lipinski definition) is 5. The number of rotatable bonds is 7. The van der Waals surface area contributed by atoms with Crippen LogP contribution in [0.1, 0.15) is 41.1 Å². The maximum Gasteiger partial charge on any atom is 0.231 e. The van der Waals surface area contributed by atoms with Crippen LogP contribution in [0.2, 0.25) is 0 Å². The van der Waals surface area contributed by atoms with E-state index in [4.69, 9.17) is 21.7 Å². The number of halogens is 1. The van der Waals surface area contributed by atoms with Crippen molar-refractivity contribution in [2.24, 2.45) is 0 Å². The highest BCUT2D eigenvalue weighted by molar-refractivity contribution is 7.80. The van der Waals surface area contributed by atoms with Gasteiger partial charge in [0.1, 0.15) is 5.82 Å². The van der Waals surface area contributed by atoms with E-state index >= 15 is 0 Å². The minimum absolute atomic E-state index is 0.127. The van der Waals surface area contributed by atoms with Crippen molar-refractivity contribution >= 4 is 28.9 Å². The van der Waals surface area contributed by atoms with Crippen molar-refractivity contribution < 1.29 is 18.7 Å². The summed E-state index contributed by atoms with van der Waals surface area (Å²) in [6.45, 7) is 4.69. The number of nitrogens with one attached hydrogen (secondary N) is 2. The molecule has 0 unspecified atom stereocenters. The SMILES string of the molecule is Cc1cc([C@@H]2[C@@H](c3ccccn3)NC(=S)N2CCC(=O)Nc2ccccc2F)c(C)n1-c1ccc2c(c1)OCO2. The summed E-state index contributed by atoms with van der Waals surface area (Å²) in [7, 11) is 0. The normalized spacial score (nSPS) is 17.7. The summed E-state index contributed by atoms with van der Waals surface area (Å²) in [6.07, 6.45) is 1.89. The zero-order valence-electron chi connectivity index (χ0n) is 22.1. The van der Waals surface area contributed by atoms with Crippen LogP contribution < -0.4 is 20.1 Å². The van der Waals surface area contributed by atoms with Crippen LogP contribution in [-0.2, 0) is 4.79 Å². The third kappa shape index (κ3) is 4.75. The Balaban J connectivity index is 1.33. The number of nitrogens with zero attached hydrogens (tertiary/aromatic N) is 3. The van der Waals surface area contributed by atoms with E-state index in [-0.39, 0.29) is 36.9 Å². The van der Waals surface area contributed by atoms with Crippen LogP contribution >= 0.6 is 12.2 Å². The highest BCUT2D eigenvalue weighted by Crippen LogP contribution is 2.42. The molecule has 2 aromatic heterocycles. The van der Waals surface area contributed by atoms with E-state index in [0.717, 1.165) is 34.1 Å². The quantitative estimate of drug-likeness (QED) is 0.296. The lowest BCUT2D eigenvalue weighted by molar-refractivity contribution is -0.116. The first-order chi connectivity index (χ1) is 19.4. The predicted molar refractivity (Wildman–Crippen MR) is 153 cm³/mol. The number of fused-ring (bicyclic) bond motifs is 1. The molecule has 0 bridgehead atoms. The van der Waals surface area contributed by atoms with Gasteiger partial charge in [0.2, 0.25) is 12.7 Å². The van der Waals surface area contributed by atoms with Gasteiger partial charge in [-0.05, 0) is 74.1 Å². The van der Waals surface area contributed by atoms with Crippen LogP contribution in [0, 0.1) is 19.7 Å². The number of anilines is 1. The molecule has 2 aliphatic rings. The Labute approximate surface area is 236 Å². The smallest absolute Gasteiger partial charge is 0.231 e. The van der Waals surface area contributed by atoms with Crippen molar-refractivity contribution in [3.8, 4) is 17.2 Å². The molecule has 2 aliphatic heterocycles. The van der Waals surface area contributed by atoms with Gasteiger partial charge < -0.3 is 29.6 Å². The molecule has 2 N–H and O–H groups in total. The van der Waals surface area contributed by atoms with Gasteiger partial charge in [0.25, 0.3) is 0 Å². The van der Waals surface area contributed by atoms with Crippen molar-refractivity contribution in [3.05, 3.63) is 101 Å². The molecule has 1 amide bonds. The number of carbonyl (C=O) groups is 1. The molecule has 204 valence electrons. The zero-order valence-corrected chi connectivity index (χ0v) is 22.9. The van der Waals surface area contributed by atoms with E-state index in [1.165, 1.54) is 6.07 Å². The number of hydrogen-bond donors (Lipinski definition) is 2. The number of ether oxygens (including phenoxy) is 2. The Morgan fingerprint density at radius 2 is 1.90 bits per heavy atom. The number of pyridine rings is 1. The summed E-state index contributed by atoms with van der Waals surface area (Å²) < 4.78 is 27.4. The lowest BCUT2D eigenvalue weighted by atomic mass is 9.96. The maximum atomic E-state index is 14.1. The fourth-order valence-electron chi connectivity index (χ4n) is 5.49. The first kappa shape index (κ1) is 25.8. The Kier molecular flexibility index (Phi) is 6.85. The second-order valence-corrected chi connectivity index (χ2v) is 10.2. The minimum Gasteiger partial charge on any atom is -0.454 e. The van der Waals surface area contributed by atoms with Gasteiger partial charge in [-0.15, -0.1) is 0 Å². The Hall–Kier alpha value is -4.44. The van der Waals surface area contributed by atoms with Crippen molar-refractivity contribution in [2.45, 2.75) is 32.4 Å². The van der Waals surface area contributed by atoms with Gasteiger partial charge in [-0.1, -0.05) is 18.2 Å². The first-order valence-corrected chi connectivity index (χ1v) is 13.4. The molecule has 0 spiro atoms.